The first kappa shape index (κ1) is 22.3. The van der Waals surface area contributed by atoms with E-state index >= 15 is 0 Å². The Kier molecular flexibility index (Phi) is 7.53. The van der Waals surface area contributed by atoms with Gasteiger partial charge >= 0.3 is 0 Å². The van der Waals surface area contributed by atoms with Crippen molar-refractivity contribution in [2.45, 2.75) is 6.92 Å². The third-order valence-electron chi connectivity index (χ3n) is 4.11. The fourth-order valence-corrected chi connectivity index (χ4v) is 4.00. The molecule has 9 heteroatoms. The molecular formula is C21H19Cl2NO5S. The molecule has 30 heavy (non-hydrogen) atoms. The lowest BCUT2D eigenvalue weighted by Crippen LogP contribution is -2.32. The highest BCUT2D eigenvalue weighted by atomic mass is 35.5. The number of rotatable bonds is 8. The highest BCUT2D eigenvalue weighted by molar-refractivity contribution is 8.18. The fraction of sp³-hybridized carbons (Fsp3) is 0.238. The number of thioether (sulfide) groups is 1. The Hall–Kier alpha value is -2.35. The van der Waals surface area contributed by atoms with Crippen LogP contribution in [0.4, 0.5) is 4.79 Å². The van der Waals surface area contributed by atoms with Crippen molar-refractivity contribution >= 4 is 52.2 Å². The van der Waals surface area contributed by atoms with Gasteiger partial charge in [-0.1, -0.05) is 23.2 Å². The van der Waals surface area contributed by atoms with Gasteiger partial charge in [0.2, 0.25) is 0 Å². The number of methoxy groups -OCH3 is 1. The predicted octanol–water partition coefficient (Wildman–Crippen LogP) is 5.52. The topological polar surface area (TPSA) is 65.1 Å². The first-order valence-corrected chi connectivity index (χ1v) is 10.6. The lowest BCUT2D eigenvalue weighted by atomic mass is 10.1. The molecule has 0 aliphatic carbocycles. The van der Waals surface area contributed by atoms with Crippen LogP contribution < -0.4 is 14.2 Å². The molecule has 3 rings (SSSR count). The van der Waals surface area contributed by atoms with Crippen LogP contribution in [0.15, 0.2) is 41.3 Å². The summed E-state index contributed by atoms with van der Waals surface area (Å²) in [5.41, 5.74) is 0.628. The van der Waals surface area contributed by atoms with E-state index in [2.05, 4.69) is 0 Å². The average molecular weight is 468 g/mol. The number of nitrogens with zero attached hydrogens (tertiary/aromatic N) is 1. The number of imide groups is 1. The standard InChI is InChI=1S/C21H19Cl2NO5S/c1-3-28-19-16(23)10-13(11-17(19)27-2)12-18-20(25)24(21(26)30-18)8-9-29-15-6-4-14(22)5-7-15/h4-7,10-12H,3,8-9H2,1-2H3/b18-12-. The summed E-state index contributed by atoms with van der Waals surface area (Å²) in [6.45, 7) is 2.59. The zero-order chi connectivity index (χ0) is 21.7. The van der Waals surface area contributed by atoms with E-state index in [1.54, 1.807) is 42.5 Å². The maximum atomic E-state index is 12.7. The van der Waals surface area contributed by atoms with E-state index in [9.17, 15) is 9.59 Å². The smallest absolute Gasteiger partial charge is 0.293 e. The second kappa shape index (κ2) is 10.1. The van der Waals surface area contributed by atoms with Crippen LogP contribution in [0.3, 0.4) is 0 Å². The second-order valence-corrected chi connectivity index (χ2v) is 7.94. The normalized spacial score (nSPS) is 15.1. The third kappa shape index (κ3) is 5.22. The van der Waals surface area contributed by atoms with Crippen LogP contribution in [0, 0.1) is 0 Å². The number of carbonyl (C=O) groups excluding carboxylic acids is 2. The van der Waals surface area contributed by atoms with Crippen LogP contribution in [0.2, 0.25) is 10.0 Å². The molecule has 158 valence electrons. The van der Waals surface area contributed by atoms with Gasteiger partial charge in [-0.15, -0.1) is 0 Å². The molecule has 2 aromatic rings. The third-order valence-corrected chi connectivity index (χ3v) is 5.55. The Morgan fingerprint density at radius 3 is 2.50 bits per heavy atom. The summed E-state index contributed by atoms with van der Waals surface area (Å²) >= 11 is 13.0. The molecule has 0 unspecified atom stereocenters. The maximum Gasteiger partial charge on any atom is 0.293 e. The van der Waals surface area contributed by atoms with E-state index in [1.165, 1.54) is 7.11 Å². The summed E-state index contributed by atoms with van der Waals surface area (Å²) in [7, 11) is 1.51. The van der Waals surface area contributed by atoms with Gasteiger partial charge in [-0.2, -0.15) is 0 Å². The number of hydrogen-bond acceptors (Lipinski definition) is 6. The van der Waals surface area contributed by atoms with Crippen molar-refractivity contribution in [3.63, 3.8) is 0 Å². The fourth-order valence-electron chi connectivity index (χ4n) is 2.74. The summed E-state index contributed by atoms with van der Waals surface area (Å²) in [6, 6.07) is 10.2. The Morgan fingerprint density at radius 2 is 1.83 bits per heavy atom. The van der Waals surface area contributed by atoms with Crippen molar-refractivity contribution in [3.05, 3.63) is 56.9 Å². The summed E-state index contributed by atoms with van der Waals surface area (Å²) in [4.78, 5) is 26.4. The summed E-state index contributed by atoms with van der Waals surface area (Å²) in [6.07, 6.45) is 1.61. The lowest BCUT2D eigenvalue weighted by Gasteiger charge is -2.13. The maximum absolute atomic E-state index is 12.7. The van der Waals surface area contributed by atoms with Crippen LogP contribution in [0.5, 0.6) is 17.2 Å². The summed E-state index contributed by atoms with van der Waals surface area (Å²) in [5, 5.41) is 0.609. The van der Waals surface area contributed by atoms with E-state index in [4.69, 9.17) is 37.4 Å². The van der Waals surface area contributed by atoms with Gasteiger partial charge in [0, 0.05) is 5.02 Å². The van der Waals surface area contributed by atoms with Gasteiger partial charge in [0.1, 0.15) is 12.4 Å². The molecule has 2 aromatic carbocycles. The molecule has 0 atom stereocenters. The molecule has 0 N–H and O–H groups in total. The van der Waals surface area contributed by atoms with E-state index in [0.29, 0.717) is 44.4 Å². The zero-order valence-electron chi connectivity index (χ0n) is 16.3. The van der Waals surface area contributed by atoms with Crippen LogP contribution in [0.1, 0.15) is 12.5 Å². The monoisotopic (exact) mass is 467 g/mol. The van der Waals surface area contributed by atoms with Crippen molar-refractivity contribution < 1.29 is 23.8 Å². The van der Waals surface area contributed by atoms with Gasteiger partial charge in [-0.25, -0.2) is 0 Å². The number of hydrogen-bond donors (Lipinski definition) is 0. The van der Waals surface area contributed by atoms with Crippen molar-refractivity contribution in [1.29, 1.82) is 0 Å². The number of halogens is 2. The molecule has 1 heterocycles. The molecule has 2 amide bonds. The van der Waals surface area contributed by atoms with Gasteiger partial charge < -0.3 is 14.2 Å². The zero-order valence-corrected chi connectivity index (χ0v) is 18.6. The number of carbonyl (C=O) groups is 2. The van der Waals surface area contributed by atoms with Crippen molar-refractivity contribution in [2.24, 2.45) is 0 Å². The van der Waals surface area contributed by atoms with Crippen molar-refractivity contribution in [2.75, 3.05) is 26.9 Å². The van der Waals surface area contributed by atoms with E-state index in [1.807, 2.05) is 6.92 Å². The first-order chi connectivity index (χ1) is 14.4. The minimum absolute atomic E-state index is 0.137. The Balaban J connectivity index is 1.70. The molecule has 0 radical (unpaired) electrons. The Labute approximate surface area is 188 Å². The average Bonchev–Trinajstić information content (AvgIpc) is 2.98. The highest BCUT2D eigenvalue weighted by Gasteiger charge is 2.34. The Bertz CT molecular complexity index is 978. The van der Waals surface area contributed by atoms with Crippen molar-refractivity contribution in [1.82, 2.24) is 4.90 Å². The largest absolute Gasteiger partial charge is 0.493 e. The van der Waals surface area contributed by atoms with Gasteiger partial charge in [0.25, 0.3) is 11.1 Å². The molecule has 6 nitrogen and oxygen atoms in total. The quantitative estimate of drug-likeness (QED) is 0.476. The number of ether oxygens (including phenoxy) is 3. The van der Waals surface area contributed by atoms with Gasteiger partial charge in [-0.05, 0) is 66.7 Å². The highest BCUT2D eigenvalue weighted by Crippen LogP contribution is 2.38. The Morgan fingerprint density at radius 1 is 1.10 bits per heavy atom. The van der Waals surface area contributed by atoms with Crippen LogP contribution in [0.25, 0.3) is 6.08 Å². The van der Waals surface area contributed by atoms with Crippen LogP contribution >= 0.6 is 35.0 Å². The minimum atomic E-state index is -0.381. The van der Waals surface area contributed by atoms with Gasteiger partial charge in [0.05, 0.1) is 30.2 Å². The van der Waals surface area contributed by atoms with Gasteiger partial charge in [0.15, 0.2) is 11.5 Å². The summed E-state index contributed by atoms with van der Waals surface area (Å²) < 4.78 is 16.4. The molecule has 1 saturated heterocycles. The minimum Gasteiger partial charge on any atom is -0.493 e. The lowest BCUT2D eigenvalue weighted by molar-refractivity contribution is -0.123. The molecule has 1 fully saturated rings. The molecule has 1 aliphatic rings. The number of benzene rings is 2. The first-order valence-electron chi connectivity index (χ1n) is 9.07. The molecule has 0 spiro atoms. The molecule has 0 aromatic heterocycles. The van der Waals surface area contributed by atoms with E-state index < -0.39 is 0 Å². The van der Waals surface area contributed by atoms with Crippen LogP contribution in [-0.4, -0.2) is 42.9 Å². The van der Waals surface area contributed by atoms with E-state index in [0.717, 1.165) is 16.7 Å². The number of amides is 2. The molecular weight excluding hydrogens is 449 g/mol. The molecule has 0 saturated carbocycles. The van der Waals surface area contributed by atoms with Gasteiger partial charge in [-0.3, -0.25) is 14.5 Å². The summed E-state index contributed by atoms with van der Waals surface area (Å²) in [5.74, 6) is 1.11. The molecule has 1 aliphatic heterocycles. The SMILES string of the molecule is CCOc1c(Cl)cc(/C=C2\SC(=O)N(CCOc3ccc(Cl)cc3)C2=O)cc1OC. The van der Waals surface area contributed by atoms with Crippen LogP contribution in [-0.2, 0) is 4.79 Å². The predicted molar refractivity (Wildman–Crippen MR) is 119 cm³/mol. The second-order valence-electron chi connectivity index (χ2n) is 6.10. The van der Waals surface area contributed by atoms with Crippen molar-refractivity contribution in [3.8, 4) is 17.2 Å². The molecule has 0 bridgehead atoms. The van der Waals surface area contributed by atoms with E-state index in [-0.39, 0.29) is 24.3 Å².